The first-order valence-corrected chi connectivity index (χ1v) is 10.4. The fourth-order valence-corrected chi connectivity index (χ4v) is 4.74. The molecule has 0 bridgehead atoms. The van der Waals surface area contributed by atoms with Crippen LogP contribution in [0, 0.1) is 17.2 Å². The van der Waals surface area contributed by atoms with Gasteiger partial charge in [-0.25, -0.2) is 9.78 Å². The lowest BCUT2D eigenvalue weighted by atomic mass is 10.1. The predicted octanol–water partition coefficient (Wildman–Crippen LogP) is 3.07. The number of carbonyl (C=O) groups is 1. The maximum absolute atomic E-state index is 12.9. The smallest absolute Gasteiger partial charge is 0.341 e. The number of carboxylic acid groups (broad SMARTS) is 1. The van der Waals surface area contributed by atoms with Crippen molar-refractivity contribution in [3.8, 4) is 6.07 Å². The van der Waals surface area contributed by atoms with E-state index >= 15 is 0 Å². The number of hydrogen-bond acceptors (Lipinski definition) is 6. The first kappa shape index (κ1) is 19.2. The molecule has 3 aromatic rings. The minimum Gasteiger partial charge on any atom is -0.477 e. The van der Waals surface area contributed by atoms with Gasteiger partial charge in [0, 0.05) is 25.5 Å². The van der Waals surface area contributed by atoms with Gasteiger partial charge >= 0.3 is 5.97 Å². The van der Waals surface area contributed by atoms with Crippen LogP contribution in [0.5, 0.6) is 0 Å². The zero-order valence-electron chi connectivity index (χ0n) is 16.9. The normalized spacial score (nSPS) is 15.9. The summed E-state index contributed by atoms with van der Waals surface area (Å²) in [6, 6.07) is 7.52. The van der Waals surface area contributed by atoms with E-state index in [9.17, 15) is 20.0 Å². The molecule has 1 saturated carbocycles. The van der Waals surface area contributed by atoms with Gasteiger partial charge < -0.3 is 14.6 Å². The summed E-state index contributed by atoms with van der Waals surface area (Å²) < 4.78 is 1.79. The second-order valence-corrected chi connectivity index (χ2v) is 8.29. The molecule has 5 rings (SSSR count). The Balaban J connectivity index is 1.67. The highest BCUT2D eigenvalue weighted by atomic mass is 16.4. The van der Waals surface area contributed by atoms with Gasteiger partial charge in [0.2, 0.25) is 5.43 Å². The van der Waals surface area contributed by atoms with Crippen LogP contribution in [0.15, 0.2) is 35.4 Å². The average Bonchev–Trinajstić information content (AvgIpc) is 3.44. The van der Waals surface area contributed by atoms with Crippen molar-refractivity contribution in [3.05, 3.63) is 63.2 Å². The molecule has 1 aliphatic carbocycles. The first-order chi connectivity index (χ1) is 15.0. The van der Waals surface area contributed by atoms with Crippen molar-refractivity contribution in [2.45, 2.75) is 45.3 Å². The van der Waals surface area contributed by atoms with Crippen LogP contribution in [-0.4, -0.2) is 25.6 Å². The quantitative estimate of drug-likeness (QED) is 0.697. The van der Waals surface area contributed by atoms with Gasteiger partial charge in [-0.3, -0.25) is 9.78 Å². The van der Waals surface area contributed by atoms with E-state index in [2.05, 4.69) is 11.1 Å². The molecule has 4 heterocycles. The zero-order chi connectivity index (χ0) is 21.5. The lowest BCUT2D eigenvalue weighted by Crippen LogP contribution is -2.23. The number of aromatic nitrogens is 3. The summed E-state index contributed by atoms with van der Waals surface area (Å²) in [7, 11) is 0. The minimum absolute atomic E-state index is 0.174. The molecule has 0 unspecified atom stereocenters. The van der Waals surface area contributed by atoms with E-state index in [0.717, 1.165) is 36.9 Å². The minimum atomic E-state index is -1.27. The number of carboxylic acids is 1. The van der Waals surface area contributed by atoms with Crippen LogP contribution in [0.3, 0.4) is 0 Å². The zero-order valence-corrected chi connectivity index (χ0v) is 16.9. The fourth-order valence-electron chi connectivity index (χ4n) is 4.74. The van der Waals surface area contributed by atoms with Gasteiger partial charge in [-0.05, 0) is 36.5 Å². The number of pyridine rings is 3. The van der Waals surface area contributed by atoms with Gasteiger partial charge in [-0.2, -0.15) is 5.26 Å². The van der Waals surface area contributed by atoms with Crippen molar-refractivity contribution in [2.24, 2.45) is 5.92 Å². The Hall–Kier alpha value is -3.73. The SMILES string of the molecule is N#Cc1cc2c(=O)c(C(=O)O)cn(CC3CCCC3)c2nc1N1Cc2cccnc2C1. The maximum Gasteiger partial charge on any atom is 0.341 e. The molecule has 31 heavy (non-hydrogen) atoms. The molecule has 1 fully saturated rings. The highest BCUT2D eigenvalue weighted by molar-refractivity contribution is 5.92. The van der Waals surface area contributed by atoms with Crippen LogP contribution >= 0.6 is 0 Å². The summed E-state index contributed by atoms with van der Waals surface area (Å²) in [5.74, 6) is -0.347. The van der Waals surface area contributed by atoms with Crippen molar-refractivity contribution in [1.29, 1.82) is 5.26 Å². The monoisotopic (exact) mass is 415 g/mol. The van der Waals surface area contributed by atoms with Crippen LogP contribution in [-0.2, 0) is 19.6 Å². The first-order valence-electron chi connectivity index (χ1n) is 10.4. The van der Waals surface area contributed by atoms with Gasteiger partial charge in [-0.1, -0.05) is 18.9 Å². The summed E-state index contributed by atoms with van der Waals surface area (Å²) in [4.78, 5) is 35.7. The predicted molar refractivity (Wildman–Crippen MR) is 114 cm³/mol. The van der Waals surface area contributed by atoms with E-state index in [1.807, 2.05) is 17.0 Å². The number of rotatable bonds is 4. The molecule has 8 heteroatoms. The van der Waals surface area contributed by atoms with Gasteiger partial charge in [0.05, 0.1) is 23.2 Å². The number of nitrogens with zero attached hydrogens (tertiary/aromatic N) is 5. The summed E-state index contributed by atoms with van der Waals surface area (Å²) in [6.07, 6.45) is 7.62. The molecule has 1 N–H and O–H groups in total. The maximum atomic E-state index is 12.9. The largest absolute Gasteiger partial charge is 0.477 e. The standard InChI is InChI=1S/C23H21N5O3/c24-9-16-8-17-20(29)18(23(30)31)12-27(10-14-4-1-2-5-14)22(17)26-21(16)28-11-15-6-3-7-25-19(15)13-28/h3,6-8,12,14H,1-2,4-5,10-11,13H2,(H,30,31). The molecule has 0 radical (unpaired) electrons. The molecule has 0 saturated heterocycles. The van der Waals surface area contributed by atoms with Gasteiger partial charge in [0.25, 0.3) is 0 Å². The average molecular weight is 415 g/mol. The van der Waals surface area contributed by atoms with E-state index in [0.29, 0.717) is 37.0 Å². The summed E-state index contributed by atoms with van der Waals surface area (Å²) in [6.45, 7) is 1.72. The van der Waals surface area contributed by atoms with E-state index in [4.69, 9.17) is 4.98 Å². The summed E-state index contributed by atoms with van der Waals surface area (Å²) in [5.41, 5.74) is 1.82. The van der Waals surface area contributed by atoms with Crippen LogP contribution in [0.25, 0.3) is 11.0 Å². The van der Waals surface area contributed by atoms with Crippen LogP contribution in [0.4, 0.5) is 5.82 Å². The fraction of sp³-hybridized carbons (Fsp3) is 0.348. The number of fused-ring (bicyclic) bond motifs is 2. The molecule has 3 aromatic heterocycles. The van der Waals surface area contributed by atoms with Crippen molar-refractivity contribution >= 4 is 22.8 Å². The Morgan fingerprint density at radius 2 is 2.10 bits per heavy atom. The topological polar surface area (TPSA) is 112 Å². The summed E-state index contributed by atoms with van der Waals surface area (Å²) in [5, 5.41) is 19.5. The third-order valence-corrected chi connectivity index (χ3v) is 6.29. The number of anilines is 1. The molecule has 156 valence electrons. The molecule has 8 nitrogen and oxygen atoms in total. The Morgan fingerprint density at radius 1 is 1.29 bits per heavy atom. The highest BCUT2D eigenvalue weighted by Gasteiger charge is 2.26. The Morgan fingerprint density at radius 3 is 2.81 bits per heavy atom. The molecule has 0 amide bonds. The Labute approximate surface area is 178 Å². The molecule has 0 atom stereocenters. The summed E-state index contributed by atoms with van der Waals surface area (Å²) >= 11 is 0. The Kier molecular flexibility index (Phi) is 4.66. The molecular weight excluding hydrogens is 394 g/mol. The van der Waals surface area contributed by atoms with Crippen molar-refractivity contribution < 1.29 is 9.90 Å². The van der Waals surface area contributed by atoms with Crippen LogP contribution in [0.2, 0.25) is 0 Å². The van der Waals surface area contributed by atoms with Crippen molar-refractivity contribution in [1.82, 2.24) is 14.5 Å². The lowest BCUT2D eigenvalue weighted by Gasteiger charge is -2.21. The Bertz CT molecular complexity index is 1280. The van der Waals surface area contributed by atoms with E-state index in [-0.39, 0.29) is 16.5 Å². The molecule has 1 aliphatic heterocycles. The van der Waals surface area contributed by atoms with Gasteiger partial charge in [0.1, 0.15) is 23.1 Å². The second kappa shape index (κ2) is 7.51. The van der Waals surface area contributed by atoms with Crippen LogP contribution in [0.1, 0.15) is 52.9 Å². The van der Waals surface area contributed by atoms with Crippen molar-refractivity contribution in [3.63, 3.8) is 0 Å². The van der Waals surface area contributed by atoms with Crippen LogP contribution < -0.4 is 10.3 Å². The van der Waals surface area contributed by atoms with Gasteiger partial charge in [0.15, 0.2) is 0 Å². The third-order valence-electron chi connectivity index (χ3n) is 6.29. The van der Waals surface area contributed by atoms with Crippen molar-refractivity contribution in [2.75, 3.05) is 4.90 Å². The number of nitriles is 1. The van der Waals surface area contributed by atoms with E-state index < -0.39 is 11.4 Å². The second-order valence-electron chi connectivity index (χ2n) is 8.29. The lowest BCUT2D eigenvalue weighted by molar-refractivity contribution is 0.0694. The van der Waals surface area contributed by atoms with E-state index in [1.54, 1.807) is 10.8 Å². The third kappa shape index (κ3) is 3.32. The molecular formula is C23H21N5O3. The highest BCUT2D eigenvalue weighted by Crippen LogP contribution is 2.31. The van der Waals surface area contributed by atoms with E-state index in [1.165, 1.54) is 12.3 Å². The molecule has 0 aromatic carbocycles. The number of hydrogen-bond donors (Lipinski definition) is 1. The number of aromatic carboxylic acids is 1. The molecule has 2 aliphatic rings. The van der Waals surface area contributed by atoms with Gasteiger partial charge in [-0.15, -0.1) is 0 Å². The molecule has 0 spiro atoms.